The Kier molecular flexibility index (Phi) is 9.05. The molecule has 2 aromatic carbocycles. The predicted molar refractivity (Wildman–Crippen MR) is 168 cm³/mol. The molecule has 0 unspecified atom stereocenters. The number of piperazine rings is 1. The normalized spacial score (nSPS) is 14.3. The molecule has 2 heterocycles. The number of anilines is 6. The van der Waals surface area contributed by atoms with Crippen LogP contribution in [0.2, 0.25) is 0 Å². The van der Waals surface area contributed by atoms with Crippen LogP contribution >= 0.6 is 0 Å². The van der Waals surface area contributed by atoms with Crippen LogP contribution in [0.4, 0.5) is 43.7 Å². The van der Waals surface area contributed by atoms with Crippen LogP contribution in [0, 0.1) is 12.7 Å². The number of ether oxygens (including phenoxy) is 1. The lowest BCUT2D eigenvalue weighted by Gasteiger charge is -2.36. The predicted octanol–water partition coefficient (Wildman–Crippen LogP) is 6.01. The Labute approximate surface area is 252 Å². The molecule has 1 amide bonds. The molecule has 0 radical (unpaired) electrons. The molecular formula is C30H40FN7O4S. The van der Waals surface area contributed by atoms with E-state index in [4.69, 9.17) is 4.74 Å². The van der Waals surface area contributed by atoms with E-state index in [1.54, 1.807) is 68.3 Å². The Morgan fingerprint density at radius 2 is 1.58 bits per heavy atom. The SMILES string of the molecule is Cc1cnc(Nc2ccc(N3CCN(C(=O)OC(C)(C)C)CC3)c(F)c2)nc1Nc1cccc(NS(=O)(=O)C(C)(C)C)c1. The molecular weight excluding hydrogens is 573 g/mol. The van der Waals surface area contributed by atoms with Gasteiger partial charge < -0.3 is 25.2 Å². The molecule has 3 N–H and O–H groups in total. The molecule has 3 aromatic rings. The molecule has 1 aliphatic heterocycles. The second kappa shape index (κ2) is 12.2. The van der Waals surface area contributed by atoms with Gasteiger partial charge in [0.2, 0.25) is 16.0 Å². The van der Waals surface area contributed by atoms with Gasteiger partial charge in [0.25, 0.3) is 0 Å². The fraction of sp³-hybridized carbons (Fsp3) is 0.433. The lowest BCUT2D eigenvalue weighted by atomic mass is 10.2. The minimum absolute atomic E-state index is 0.260. The first-order chi connectivity index (χ1) is 20.0. The van der Waals surface area contributed by atoms with Crippen molar-refractivity contribution in [3.8, 4) is 0 Å². The quantitative estimate of drug-likeness (QED) is 0.293. The molecule has 43 heavy (non-hydrogen) atoms. The number of aromatic nitrogens is 2. The van der Waals surface area contributed by atoms with Crippen LogP contribution < -0.4 is 20.3 Å². The Hall–Kier alpha value is -4.13. The Morgan fingerprint density at radius 3 is 2.21 bits per heavy atom. The average Bonchev–Trinajstić information content (AvgIpc) is 2.89. The van der Waals surface area contributed by atoms with E-state index in [1.807, 2.05) is 32.6 Å². The number of nitrogens with one attached hydrogen (secondary N) is 3. The zero-order valence-corrected chi connectivity index (χ0v) is 26.5. The van der Waals surface area contributed by atoms with Crippen molar-refractivity contribution in [2.75, 3.05) is 46.4 Å². The van der Waals surface area contributed by atoms with Crippen molar-refractivity contribution in [1.29, 1.82) is 0 Å². The number of benzene rings is 2. The lowest BCUT2D eigenvalue weighted by Crippen LogP contribution is -2.50. The average molecular weight is 614 g/mol. The van der Waals surface area contributed by atoms with Gasteiger partial charge in [0.1, 0.15) is 17.2 Å². The Morgan fingerprint density at radius 1 is 0.930 bits per heavy atom. The van der Waals surface area contributed by atoms with Crippen molar-refractivity contribution in [1.82, 2.24) is 14.9 Å². The van der Waals surface area contributed by atoms with Crippen molar-refractivity contribution < 1.29 is 22.3 Å². The van der Waals surface area contributed by atoms with Gasteiger partial charge >= 0.3 is 6.09 Å². The minimum atomic E-state index is -3.58. The standard InChI is InChI=1S/C30H40FN7O4S/c1-20-19-32-27(35-26(20)33-21-9-8-10-23(17-21)36-43(40,41)30(5,6)7)34-22-11-12-25(24(31)18-22)37-13-15-38(16-14-37)28(39)42-29(2,3)4/h8-12,17-19,36H,13-16H2,1-7H3,(H2,32,33,34,35). The first kappa shape index (κ1) is 31.8. The fourth-order valence-electron chi connectivity index (χ4n) is 4.16. The second-order valence-electron chi connectivity index (χ2n) is 12.4. The van der Waals surface area contributed by atoms with Crippen molar-refractivity contribution in [2.24, 2.45) is 0 Å². The molecule has 232 valence electrons. The number of carbonyl (C=O) groups excluding carboxylic acids is 1. The van der Waals surface area contributed by atoms with E-state index in [-0.39, 0.29) is 12.0 Å². The maximum Gasteiger partial charge on any atom is 0.410 e. The van der Waals surface area contributed by atoms with Crippen LogP contribution in [0.3, 0.4) is 0 Å². The van der Waals surface area contributed by atoms with Crippen LogP contribution in [0.25, 0.3) is 0 Å². The van der Waals surface area contributed by atoms with E-state index in [9.17, 15) is 13.2 Å². The highest BCUT2D eigenvalue weighted by Gasteiger charge is 2.29. The van der Waals surface area contributed by atoms with Gasteiger partial charge in [0.05, 0.1) is 16.1 Å². The summed E-state index contributed by atoms with van der Waals surface area (Å²) in [5.74, 6) is 0.361. The highest BCUT2D eigenvalue weighted by atomic mass is 32.2. The third-order valence-electron chi connectivity index (χ3n) is 6.63. The van der Waals surface area contributed by atoms with E-state index in [0.717, 1.165) is 5.56 Å². The highest BCUT2D eigenvalue weighted by Crippen LogP contribution is 2.28. The van der Waals surface area contributed by atoms with Crippen LogP contribution in [0.1, 0.15) is 47.1 Å². The van der Waals surface area contributed by atoms with Gasteiger partial charge in [0.15, 0.2) is 0 Å². The smallest absolute Gasteiger partial charge is 0.410 e. The Bertz CT molecular complexity index is 1580. The molecule has 11 nitrogen and oxygen atoms in total. The van der Waals surface area contributed by atoms with Crippen molar-refractivity contribution in [3.05, 3.63) is 60.0 Å². The van der Waals surface area contributed by atoms with Gasteiger partial charge in [-0.3, -0.25) is 4.72 Å². The summed E-state index contributed by atoms with van der Waals surface area (Å²) in [6.07, 6.45) is 1.27. The summed E-state index contributed by atoms with van der Waals surface area (Å²) < 4.78 is 47.4. The summed E-state index contributed by atoms with van der Waals surface area (Å²) in [7, 11) is -3.58. The summed E-state index contributed by atoms with van der Waals surface area (Å²) in [5.41, 5.74) is 2.17. The van der Waals surface area contributed by atoms with Gasteiger partial charge in [-0.25, -0.2) is 22.6 Å². The molecule has 0 spiro atoms. The molecule has 1 fully saturated rings. The number of sulfonamides is 1. The van der Waals surface area contributed by atoms with E-state index in [0.29, 0.717) is 54.7 Å². The van der Waals surface area contributed by atoms with Gasteiger partial charge in [-0.15, -0.1) is 0 Å². The summed E-state index contributed by atoms with van der Waals surface area (Å²) in [6, 6.07) is 11.7. The number of hydrogen-bond donors (Lipinski definition) is 3. The third-order valence-corrected chi connectivity index (χ3v) is 8.75. The summed E-state index contributed by atoms with van der Waals surface area (Å²) in [5, 5.41) is 6.26. The minimum Gasteiger partial charge on any atom is -0.444 e. The zero-order chi connectivity index (χ0) is 31.6. The molecule has 1 aliphatic rings. The molecule has 0 saturated carbocycles. The summed E-state index contributed by atoms with van der Waals surface area (Å²) >= 11 is 0. The largest absolute Gasteiger partial charge is 0.444 e. The van der Waals surface area contributed by atoms with Crippen LogP contribution in [-0.2, 0) is 14.8 Å². The van der Waals surface area contributed by atoms with Crippen LogP contribution in [0.5, 0.6) is 0 Å². The number of rotatable bonds is 7. The van der Waals surface area contributed by atoms with Crippen molar-refractivity contribution in [3.63, 3.8) is 0 Å². The second-order valence-corrected chi connectivity index (χ2v) is 14.8. The van der Waals surface area contributed by atoms with Crippen molar-refractivity contribution in [2.45, 2.75) is 58.8 Å². The third kappa shape index (κ3) is 8.25. The summed E-state index contributed by atoms with van der Waals surface area (Å²) in [4.78, 5) is 24.8. The molecule has 0 bridgehead atoms. The number of halogens is 1. The van der Waals surface area contributed by atoms with Crippen molar-refractivity contribution >= 4 is 50.6 Å². The first-order valence-corrected chi connectivity index (χ1v) is 15.5. The van der Waals surface area contributed by atoms with E-state index in [1.165, 1.54) is 6.07 Å². The zero-order valence-electron chi connectivity index (χ0n) is 25.7. The Balaban J connectivity index is 1.41. The lowest BCUT2D eigenvalue weighted by molar-refractivity contribution is 0.0240. The van der Waals surface area contributed by atoms with E-state index in [2.05, 4.69) is 25.3 Å². The van der Waals surface area contributed by atoms with E-state index < -0.39 is 26.2 Å². The van der Waals surface area contributed by atoms with Gasteiger partial charge in [0, 0.05) is 49.3 Å². The molecule has 0 atom stereocenters. The molecule has 13 heteroatoms. The number of amides is 1. The number of hydrogen-bond acceptors (Lipinski definition) is 9. The number of nitrogens with zero attached hydrogens (tertiary/aromatic N) is 4. The van der Waals surface area contributed by atoms with Gasteiger partial charge in [-0.05, 0) is 84.9 Å². The highest BCUT2D eigenvalue weighted by molar-refractivity contribution is 7.94. The monoisotopic (exact) mass is 613 g/mol. The molecule has 1 saturated heterocycles. The van der Waals surface area contributed by atoms with Crippen LogP contribution in [-0.4, -0.2) is 65.9 Å². The maximum absolute atomic E-state index is 15.2. The van der Waals surface area contributed by atoms with Crippen LogP contribution in [0.15, 0.2) is 48.7 Å². The molecule has 0 aliphatic carbocycles. The fourth-order valence-corrected chi connectivity index (χ4v) is 4.90. The van der Waals surface area contributed by atoms with E-state index >= 15 is 4.39 Å². The first-order valence-electron chi connectivity index (χ1n) is 14.0. The van der Waals surface area contributed by atoms with Gasteiger partial charge in [-0.2, -0.15) is 4.98 Å². The molecule has 1 aromatic heterocycles. The maximum atomic E-state index is 15.2. The number of aryl methyl sites for hydroxylation is 1. The topological polar surface area (TPSA) is 129 Å². The van der Waals surface area contributed by atoms with Gasteiger partial charge in [-0.1, -0.05) is 6.07 Å². The summed E-state index contributed by atoms with van der Waals surface area (Å²) in [6.45, 7) is 14.1. The number of carbonyl (C=O) groups is 1. The molecule has 4 rings (SSSR count).